The molecule has 1 aromatic heterocycles. The van der Waals surface area contributed by atoms with Crippen LogP contribution in [0.3, 0.4) is 0 Å². The Labute approximate surface area is 144 Å². The lowest BCUT2D eigenvalue weighted by atomic mass is 10.1. The summed E-state index contributed by atoms with van der Waals surface area (Å²) in [4.78, 5) is 4.52. The summed E-state index contributed by atoms with van der Waals surface area (Å²) >= 11 is 1.46. The van der Waals surface area contributed by atoms with E-state index in [0.717, 1.165) is 11.1 Å². The molecule has 2 atom stereocenters. The Bertz CT molecular complexity index is 749. The molecule has 3 rings (SSSR count). The van der Waals surface area contributed by atoms with Gasteiger partial charge in [-0.15, -0.1) is 11.8 Å². The van der Waals surface area contributed by atoms with Gasteiger partial charge < -0.3 is 14.7 Å². The molecule has 0 fully saturated rings. The van der Waals surface area contributed by atoms with Gasteiger partial charge in [-0.1, -0.05) is 65.8 Å². The van der Waals surface area contributed by atoms with Crippen LogP contribution < -0.4 is 0 Å². The molecule has 2 aromatic carbocycles. The van der Waals surface area contributed by atoms with Crippen molar-refractivity contribution in [3.8, 4) is 11.4 Å². The van der Waals surface area contributed by atoms with Crippen molar-refractivity contribution < 1.29 is 14.7 Å². The van der Waals surface area contributed by atoms with Gasteiger partial charge in [0.1, 0.15) is 5.25 Å². The van der Waals surface area contributed by atoms with Crippen LogP contribution in [-0.2, 0) is 0 Å². The lowest BCUT2D eigenvalue weighted by Crippen LogP contribution is -2.16. The molecule has 0 aliphatic heterocycles. The van der Waals surface area contributed by atoms with E-state index in [1.165, 1.54) is 11.8 Å². The van der Waals surface area contributed by atoms with Crippen LogP contribution in [-0.4, -0.2) is 38.8 Å². The van der Waals surface area contributed by atoms with Gasteiger partial charge in [0.2, 0.25) is 11.7 Å². The molecule has 0 saturated heterocycles. The molecule has 0 unspecified atom stereocenters. The normalized spacial score (nSPS) is 13.6. The lowest BCUT2D eigenvalue weighted by molar-refractivity contribution is 0.113. The summed E-state index contributed by atoms with van der Waals surface area (Å²) in [6.45, 7) is -0.270. The highest BCUT2D eigenvalue weighted by Gasteiger charge is 2.23. The zero-order valence-electron chi connectivity index (χ0n) is 12.9. The Hall–Kier alpha value is -2.15. The summed E-state index contributed by atoms with van der Waals surface area (Å²) in [5.74, 6) is 1.39. The maximum Gasteiger partial charge on any atom is 0.244 e. The van der Waals surface area contributed by atoms with Gasteiger partial charge in [0.25, 0.3) is 0 Å². The van der Waals surface area contributed by atoms with Crippen molar-refractivity contribution in [2.24, 2.45) is 0 Å². The highest BCUT2D eigenvalue weighted by Crippen LogP contribution is 2.35. The first-order chi connectivity index (χ1) is 11.8. The van der Waals surface area contributed by atoms with Gasteiger partial charge in [-0.3, -0.25) is 0 Å². The minimum Gasteiger partial charge on any atom is -0.394 e. The summed E-state index contributed by atoms with van der Waals surface area (Å²) in [6.07, 6.45) is -0.780. The number of aliphatic hydroxyl groups is 2. The molecule has 124 valence electrons. The van der Waals surface area contributed by atoms with Gasteiger partial charge >= 0.3 is 0 Å². The predicted octanol–water partition coefficient (Wildman–Crippen LogP) is 2.91. The number of benzene rings is 2. The van der Waals surface area contributed by atoms with E-state index >= 15 is 0 Å². The molecule has 5 nitrogen and oxygen atoms in total. The molecule has 0 radical (unpaired) electrons. The minimum atomic E-state index is -0.780. The second-order valence-electron chi connectivity index (χ2n) is 5.28. The van der Waals surface area contributed by atoms with Crippen LogP contribution in [0.4, 0.5) is 0 Å². The fraction of sp³-hybridized carbons (Fsp3) is 0.222. The highest BCUT2D eigenvalue weighted by molar-refractivity contribution is 7.99. The van der Waals surface area contributed by atoms with E-state index in [2.05, 4.69) is 10.1 Å². The van der Waals surface area contributed by atoms with Crippen molar-refractivity contribution in [2.75, 3.05) is 12.4 Å². The molecule has 24 heavy (non-hydrogen) atoms. The molecule has 6 heteroatoms. The van der Waals surface area contributed by atoms with Crippen LogP contribution >= 0.6 is 11.8 Å². The largest absolute Gasteiger partial charge is 0.394 e. The first-order valence-electron chi connectivity index (χ1n) is 7.62. The van der Waals surface area contributed by atoms with Crippen molar-refractivity contribution in [1.29, 1.82) is 0 Å². The van der Waals surface area contributed by atoms with E-state index in [-0.39, 0.29) is 11.9 Å². The third-order valence-corrected chi connectivity index (χ3v) is 4.85. The van der Waals surface area contributed by atoms with E-state index < -0.39 is 6.10 Å². The molecule has 3 aromatic rings. The lowest BCUT2D eigenvalue weighted by Gasteiger charge is -2.14. The average Bonchev–Trinajstić information content (AvgIpc) is 3.13. The van der Waals surface area contributed by atoms with Crippen molar-refractivity contribution in [3.05, 3.63) is 72.1 Å². The predicted molar refractivity (Wildman–Crippen MR) is 93.6 cm³/mol. The second kappa shape index (κ2) is 8.10. The quantitative estimate of drug-likeness (QED) is 0.687. The molecule has 0 amide bonds. The van der Waals surface area contributed by atoms with E-state index in [1.54, 1.807) is 0 Å². The topological polar surface area (TPSA) is 79.4 Å². The van der Waals surface area contributed by atoms with E-state index in [0.29, 0.717) is 17.5 Å². The van der Waals surface area contributed by atoms with Gasteiger partial charge in [0.15, 0.2) is 0 Å². The Morgan fingerprint density at radius 1 is 1.00 bits per heavy atom. The number of thioether (sulfide) groups is 1. The molecule has 0 saturated carbocycles. The van der Waals surface area contributed by atoms with E-state index in [9.17, 15) is 5.11 Å². The van der Waals surface area contributed by atoms with Crippen LogP contribution in [0, 0.1) is 0 Å². The number of rotatable bonds is 7. The Balaban J connectivity index is 1.87. The monoisotopic (exact) mass is 342 g/mol. The molecule has 0 aliphatic rings. The van der Waals surface area contributed by atoms with E-state index in [1.807, 2.05) is 60.7 Å². The third kappa shape index (κ3) is 4.03. The first kappa shape index (κ1) is 16.7. The summed E-state index contributed by atoms with van der Waals surface area (Å²) in [5.41, 5.74) is 1.90. The SMILES string of the molecule is OC[C@H](O)CS[C@@H](c1ccccc1)c1nc(-c2ccccc2)no1. The number of aromatic nitrogens is 2. The molecule has 2 N–H and O–H groups in total. The average molecular weight is 342 g/mol. The minimum absolute atomic E-state index is 0.197. The number of hydrogen-bond acceptors (Lipinski definition) is 6. The highest BCUT2D eigenvalue weighted by atomic mass is 32.2. The van der Waals surface area contributed by atoms with Crippen LogP contribution in [0.1, 0.15) is 16.7 Å². The van der Waals surface area contributed by atoms with Crippen molar-refractivity contribution >= 4 is 11.8 Å². The second-order valence-corrected chi connectivity index (χ2v) is 6.42. The maximum atomic E-state index is 9.65. The number of nitrogens with zero attached hydrogens (tertiary/aromatic N) is 2. The fourth-order valence-electron chi connectivity index (χ4n) is 2.24. The van der Waals surface area contributed by atoms with Crippen LogP contribution in [0.5, 0.6) is 0 Å². The molecular formula is C18H18N2O3S. The van der Waals surface area contributed by atoms with Gasteiger partial charge in [0.05, 0.1) is 12.7 Å². The third-order valence-electron chi connectivity index (χ3n) is 3.47. The van der Waals surface area contributed by atoms with Crippen molar-refractivity contribution in [1.82, 2.24) is 10.1 Å². The Kier molecular flexibility index (Phi) is 5.63. The fourth-order valence-corrected chi connectivity index (χ4v) is 3.35. The number of aliphatic hydroxyl groups excluding tert-OH is 2. The van der Waals surface area contributed by atoms with Crippen LogP contribution in [0.25, 0.3) is 11.4 Å². The summed E-state index contributed by atoms with van der Waals surface area (Å²) in [6, 6.07) is 19.4. The molecule has 0 aliphatic carbocycles. The van der Waals surface area contributed by atoms with Crippen LogP contribution in [0.2, 0.25) is 0 Å². The molecule has 1 heterocycles. The Morgan fingerprint density at radius 2 is 1.67 bits per heavy atom. The first-order valence-corrected chi connectivity index (χ1v) is 8.67. The number of hydrogen-bond donors (Lipinski definition) is 2. The summed E-state index contributed by atoms with van der Waals surface area (Å²) in [7, 11) is 0. The molecule has 0 bridgehead atoms. The van der Waals surface area contributed by atoms with Crippen molar-refractivity contribution in [3.63, 3.8) is 0 Å². The molecular weight excluding hydrogens is 324 g/mol. The van der Waals surface area contributed by atoms with E-state index in [4.69, 9.17) is 9.63 Å². The standard InChI is InChI=1S/C18H18N2O3S/c21-11-15(22)12-24-16(13-7-3-1-4-8-13)18-19-17(20-23-18)14-9-5-2-6-10-14/h1-10,15-16,21-22H,11-12H2/t15-,16-/m0/s1. The van der Waals surface area contributed by atoms with Gasteiger partial charge in [-0.2, -0.15) is 4.98 Å². The van der Waals surface area contributed by atoms with Gasteiger partial charge in [-0.05, 0) is 5.56 Å². The smallest absolute Gasteiger partial charge is 0.244 e. The zero-order valence-corrected chi connectivity index (χ0v) is 13.8. The molecule has 0 spiro atoms. The Morgan fingerprint density at radius 3 is 2.33 bits per heavy atom. The van der Waals surface area contributed by atoms with Gasteiger partial charge in [0, 0.05) is 11.3 Å². The summed E-state index contributed by atoms with van der Waals surface area (Å²) in [5, 5.41) is 22.5. The zero-order chi connectivity index (χ0) is 16.8. The van der Waals surface area contributed by atoms with Gasteiger partial charge in [-0.25, -0.2) is 0 Å². The van der Waals surface area contributed by atoms with Crippen LogP contribution in [0.15, 0.2) is 65.2 Å². The summed E-state index contributed by atoms with van der Waals surface area (Å²) < 4.78 is 5.48. The van der Waals surface area contributed by atoms with Crippen molar-refractivity contribution in [2.45, 2.75) is 11.4 Å². The maximum absolute atomic E-state index is 9.65.